The van der Waals surface area contributed by atoms with E-state index in [9.17, 15) is 9.59 Å². The number of fused-ring (bicyclic) bond motifs is 2. The summed E-state index contributed by atoms with van der Waals surface area (Å²) in [5, 5.41) is 3.80. The summed E-state index contributed by atoms with van der Waals surface area (Å²) in [6.45, 7) is 5.31. The van der Waals surface area contributed by atoms with E-state index in [1.807, 2.05) is 74.5 Å². The van der Waals surface area contributed by atoms with Gasteiger partial charge in [-0.1, -0.05) is 30.3 Å². The summed E-state index contributed by atoms with van der Waals surface area (Å²) >= 11 is 0. The van der Waals surface area contributed by atoms with E-state index in [4.69, 9.17) is 14.5 Å². The Hall–Kier alpha value is -4.39. The van der Waals surface area contributed by atoms with Crippen LogP contribution in [0.1, 0.15) is 40.1 Å². The number of amides is 2. The Morgan fingerprint density at radius 3 is 2.43 bits per heavy atom. The molecule has 0 aliphatic carbocycles. The van der Waals surface area contributed by atoms with Crippen molar-refractivity contribution in [3.05, 3.63) is 89.5 Å². The van der Waals surface area contributed by atoms with Crippen LogP contribution in [0.25, 0.3) is 22.2 Å². The Balaban J connectivity index is 1.38. The van der Waals surface area contributed by atoms with Gasteiger partial charge in [0.05, 0.1) is 16.8 Å². The molecule has 7 nitrogen and oxygen atoms in total. The van der Waals surface area contributed by atoms with Crippen molar-refractivity contribution in [3.8, 4) is 22.8 Å². The minimum absolute atomic E-state index is 0.0273. The summed E-state index contributed by atoms with van der Waals surface area (Å²) in [6, 6.07) is 22.6. The van der Waals surface area contributed by atoms with Crippen LogP contribution in [0.2, 0.25) is 0 Å². The van der Waals surface area contributed by atoms with Crippen LogP contribution in [0, 0.1) is 0 Å². The highest BCUT2D eigenvalue weighted by Crippen LogP contribution is 2.35. The average Bonchev–Trinajstić information content (AvgIpc) is 2.94. The summed E-state index contributed by atoms with van der Waals surface area (Å²) in [6.07, 6.45) is 0. The topological polar surface area (TPSA) is 80.8 Å². The van der Waals surface area contributed by atoms with Crippen LogP contribution >= 0.6 is 0 Å². The van der Waals surface area contributed by atoms with Gasteiger partial charge < -0.3 is 19.7 Å². The van der Waals surface area contributed by atoms with Gasteiger partial charge in [0.2, 0.25) is 0 Å². The Morgan fingerprint density at radius 2 is 1.68 bits per heavy atom. The highest BCUT2D eigenvalue weighted by atomic mass is 16.6. The number of pyridine rings is 1. The Kier molecular flexibility index (Phi) is 6.77. The fourth-order valence-corrected chi connectivity index (χ4v) is 4.19. The van der Waals surface area contributed by atoms with Gasteiger partial charge in [0.1, 0.15) is 13.2 Å². The Bertz CT molecular complexity index is 1460. The molecule has 0 atom stereocenters. The van der Waals surface area contributed by atoms with Gasteiger partial charge in [-0.25, -0.2) is 4.98 Å². The lowest BCUT2D eigenvalue weighted by Crippen LogP contribution is -2.32. The molecule has 0 fully saturated rings. The van der Waals surface area contributed by atoms with Gasteiger partial charge >= 0.3 is 0 Å². The number of carbonyl (C=O) groups excluding carboxylic acids is 2. The van der Waals surface area contributed by atoms with Crippen LogP contribution < -0.4 is 14.8 Å². The van der Waals surface area contributed by atoms with Gasteiger partial charge in [-0.3, -0.25) is 9.59 Å². The van der Waals surface area contributed by atoms with Crippen molar-refractivity contribution in [3.63, 3.8) is 0 Å². The summed E-state index contributed by atoms with van der Waals surface area (Å²) in [4.78, 5) is 32.4. The molecule has 1 aliphatic rings. The van der Waals surface area contributed by atoms with E-state index in [2.05, 4.69) is 5.32 Å². The van der Waals surface area contributed by atoms with E-state index in [-0.39, 0.29) is 17.9 Å². The van der Waals surface area contributed by atoms with Crippen LogP contribution in [0.15, 0.2) is 72.8 Å². The van der Waals surface area contributed by atoms with Gasteiger partial charge in [0.25, 0.3) is 11.8 Å². The lowest BCUT2D eigenvalue weighted by Gasteiger charge is -2.21. The molecule has 1 aliphatic heterocycles. The normalized spacial score (nSPS) is 12.4. The van der Waals surface area contributed by atoms with Crippen molar-refractivity contribution >= 4 is 22.7 Å². The van der Waals surface area contributed by atoms with Gasteiger partial charge in [0.15, 0.2) is 11.5 Å². The molecule has 0 saturated heterocycles. The number of benzene rings is 3. The predicted molar refractivity (Wildman–Crippen MR) is 143 cm³/mol. The van der Waals surface area contributed by atoms with Crippen LogP contribution in [0.4, 0.5) is 0 Å². The number of hydrogen-bond acceptors (Lipinski definition) is 5. The molecule has 1 aromatic heterocycles. The number of nitrogens with zero attached hydrogens (tertiary/aromatic N) is 2. The first-order chi connectivity index (χ1) is 17.9. The van der Waals surface area contributed by atoms with E-state index in [1.54, 1.807) is 24.1 Å². The summed E-state index contributed by atoms with van der Waals surface area (Å²) < 4.78 is 11.4. The second-order valence-corrected chi connectivity index (χ2v) is 9.32. The molecule has 188 valence electrons. The number of ether oxygens (including phenoxy) is 2. The molecule has 5 rings (SSSR count). The lowest BCUT2D eigenvalue weighted by molar-refractivity contribution is 0.0754. The summed E-state index contributed by atoms with van der Waals surface area (Å²) in [5.74, 6) is 1.15. The molecule has 0 saturated carbocycles. The number of para-hydroxylation sites is 1. The van der Waals surface area contributed by atoms with Crippen LogP contribution in [-0.4, -0.2) is 48.0 Å². The molecular weight excluding hydrogens is 466 g/mol. The highest BCUT2D eigenvalue weighted by molar-refractivity contribution is 6.07. The van der Waals surface area contributed by atoms with Crippen molar-refractivity contribution in [2.45, 2.75) is 26.4 Å². The number of rotatable bonds is 6. The quantitative estimate of drug-likeness (QED) is 0.403. The van der Waals surface area contributed by atoms with Crippen molar-refractivity contribution in [2.75, 3.05) is 20.3 Å². The Morgan fingerprint density at radius 1 is 0.946 bits per heavy atom. The van der Waals surface area contributed by atoms with Gasteiger partial charge in [-0.15, -0.1) is 0 Å². The first kappa shape index (κ1) is 24.3. The third kappa shape index (κ3) is 5.11. The lowest BCUT2D eigenvalue weighted by atomic mass is 10.0. The Labute approximate surface area is 216 Å². The fourth-order valence-electron chi connectivity index (χ4n) is 4.19. The van der Waals surface area contributed by atoms with E-state index in [0.717, 1.165) is 22.0 Å². The molecule has 2 heterocycles. The molecule has 2 amide bonds. The maximum Gasteiger partial charge on any atom is 0.253 e. The zero-order valence-electron chi connectivity index (χ0n) is 21.2. The van der Waals surface area contributed by atoms with E-state index >= 15 is 0 Å². The van der Waals surface area contributed by atoms with Crippen LogP contribution in [0.3, 0.4) is 0 Å². The van der Waals surface area contributed by atoms with E-state index in [1.165, 1.54) is 0 Å². The van der Waals surface area contributed by atoms with Crippen LogP contribution in [0.5, 0.6) is 11.5 Å². The molecule has 0 unspecified atom stereocenters. The molecular formula is C30H29N3O4. The molecule has 0 spiro atoms. The molecule has 3 aromatic carbocycles. The van der Waals surface area contributed by atoms with E-state index in [0.29, 0.717) is 48.1 Å². The molecule has 1 N–H and O–H groups in total. The van der Waals surface area contributed by atoms with E-state index < -0.39 is 0 Å². The van der Waals surface area contributed by atoms with Gasteiger partial charge in [0, 0.05) is 36.1 Å². The number of nitrogens with one attached hydrogen (secondary N) is 1. The predicted octanol–water partition coefficient (Wildman–Crippen LogP) is 5.08. The second kappa shape index (κ2) is 10.3. The van der Waals surface area contributed by atoms with Crippen molar-refractivity contribution in [2.24, 2.45) is 0 Å². The number of carbonyl (C=O) groups is 2. The first-order valence-corrected chi connectivity index (χ1v) is 12.3. The van der Waals surface area contributed by atoms with Crippen molar-refractivity contribution in [1.82, 2.24) is 15.2 Å². The molecule has 7 heteroatoms. The minimum atomic E-state index is -0.197. The third-order valence-electron chi connectivity index (χ3n) is 6.55. The highest BCUT2D eigenvalue weighted by Gasteiger charge is 2.18. The first-order valence-electron chi connectivity index (χ1n) is 12.3. The molecule has 0 bridgehead atoms. The monoisotopic (exact) mass is 495 g/mol. The van der Waals surface area contributed by atoms with Gasteiger partial charge in [-0.05, 0) is 61.9 Å². The zero-order valence-corrected chi connectivity index (χ0v) is 21.2. The maximum atomic E-state index is 13.3. The smallest absolute Gasteiger partial charge is 0.253 e. The van der Waals surface area contributed by atoms with Crippen molar-refractivity contribution in [1.29, 1.82) is 0 Å². The zero-order chi connectivity index (χ0) is 25.9. The standard InChI is InChI=1S/C30H29N3O4/c1-19(2)33(3)30(35)21-10-8-20(9-11-21)18-31-29(34)24-17-26(32-25-7-5-4-6-23(24)25)22-12-13-27-28(16-22)37-15-14-36-27/h4-13,16-17,19H,14-15,18H2,1-3H3,(H,31,34). The summed E-state index contributed by atoms with van der Waals surface area (Å²) in [7, 11) is 1.79. The maximum absolute atomic E-state index is 13.3. The second-order valence-electron chi connectivity index (χ2n) is 9.32. The number of aromatic nitrogens is 1. The average molecular weight is 496 g/mol. The third-order valence-corrected chi connectivity index (χ3v) is 6.55. The fraction of sp³-hybridized carbons (Fsp3) is 0.233. The molecule has 4 aromatic rings. The largest absolute Gasteiger partial charge is 0.486 e. The molecule has 0 radical (unpaired) electrons. The van der Waals surface area contributed by atoms with Crippen LogP contribution in [-0.2, 0) is 6.54 Å². The van der Waals surface area contributed by atoms with Crippen molar-refractivity contribution < 1.29 is 19.1 Å². The summed E-state index contributed by atoms with van der Waals surface area (Å²) in [5.41, 5.74) is 4.32. The SMILES string of the molecule is CC(C)N(C)C(=O)c1ccc(CNC(=O)c2cc(-c3ccc4c(c3)OCCO4)nc3ccccc23)cc1. The minimum Gasteiger partial charge on any atom is -0.486 e. The number of hydrogen-bond donors (Lipinski definition) is 1. The molecule has 37 heavy (non-hydrogen) atoms. The van der Waals surface area contributed by atoms with Gasteiger partial charge in [-0.2, -0.15) is 0 Å².